The zero-order valence-corrected chi connectivity index (χ0v) is 17.9. The van der Waals surface area contributed by atoms with E-state index in [0.717, 1.165) is 0 Å². The van der Waals surface area contributed by atoms with Gasteiger partial charge in [-0.3, -0.25) is 0 Å². The Balaban J connectivity index is 4.94. The molecular formula is C19H40Sn. The average Bonchev–Trinajstić information content (AvgIpc) is 2.47. The first kappa shape index (κ1) is 20.5. The summed E-state index contributed by atoms with van der Waals surface area (Å²) >= 11 is -2.01. The van der Waals surface area contributed by atoms with E-state index in [0.29, 0.717) is 0 Å². The molecule has 0 fully saturated rings. The van der Waals surface area contributed by atoms with Crippen molar-refractivity contribution in [2.45, 2.75) is 106 Å². The van der Waals surface area contributed by atoms with Gasteiger partial charge in [0.25, 0.3) is 0 Å². The van der Waals surface area contributed by atoms with Gasteiger partial charge in [-0.2, -0.15) is 0 Å². The maximum atomic E-state index is 2.67. The van der Waals surface area contributed by atoms with Crippen LogP contribution in [0.3, 0.4) is 0 Å². The van der Waals surface area contributed by atoms with Crippen molar-refractivity contribution in [2.75, 3.05) is 0 Å². The fourth-order valence-electron chi connectivity index (χ4n) is 3.25. The van der Waals surface area contributed by atoms with Crippen molar-refractivity contribution in [1.82, 2.24) is 0 Å². The molecule has 0 unspecified atom stereocenters. The molecule has 0 aliphatic carbocycles. The summed E-state index contributed by atoms with van der Waals surface area (Å²) in [6.45, 7) is 11.9. The van der Waals surface area contributed by atoms with Gasteiger partial charge >= 0.3 is 134 Å². The van der Waals surface area contributed by atoms with Crippen LogP contribution in [0.25, 0.3) is 0 Å². The molecule has 20 heavy (non-hydrogen) atoms. The Bertz CT molecular complexity index is 220. The topological polar surface area (TPSA) is 0 Å². The van der Waals surface area contributed by atoms with Crippen LogP contribution < -0.4 is 0 Å². The van der Waals surface area contributed by atoms with Gasteiger partial charge in [0.2, 0.25) is 0 Å². The Morgan fingerprint density at radius 1 is 0.700 bits per heavy atom. The predicted octanol–water partition coefficient (Wildman–Crippen LogP) is 7.51. The van der Waals surface area contributed by atoms with Crippen LogP contribution >= 0.6 is 0 Å². The zero-order valence-electron chi connectivity index (χ0n) is 15.1. The first-order valence-corrected chi connectivity index (χ1v) is 16.8. The van der Waals surface area contributed by atoms with E-state index in [-0.39, 0.29) is 0 Å². The fraction of sp³-hybridized carbons (Fsp3) is 0.895. The van der Waals surface area contributed by atoms with Crippen LogP contribution in [-0.4, -0.2) is 18.4 Å². The molecule has 0 spiro atoms. The second kappa shape index (κ2) is 13.2. The van der Waals surface area contributed by atoms with Crippen molar-refractivity contribution in [3.8, 4) is 0 Å². The Kier molecular flexibility index (Phi) is 13.6. The van der Waals surface area contributed by atoms with Crippen molar-refractivity contribution in [3.05, 3.63) is 9.67 Å². The molecule has 0 nitrogen and oxygen atoms in total. The molecule has 0 saturated heterocycles. The zero-order chi connectivity index (χ0) is 15.3. The van der Waals surface area contributed by atoms with E-state index < -0.39 is 18.4 Å². The summed E-state index contributed by atoms with van der Waals surface area (Å²) in [5.74, 6) is 0. The summed E-state index contributed by atoms with van der Waals surface area (Å²) in [5.41, 5.74) is 0. The van der Waals surface area contributed by atoms with Crippen molar-refractivity contribution < 1.29 is 0 Å². The van der Waals surface area contributed by atoms with E-state index in [1.54, 1.807) is 13.3 Å². The molecule has 120 valence electrons. The minimum absolute atomic E-state index is 1.34. The first-order chi connectivity index (χ1) is 9.66. The third-order valence-corrected chi connectivity index (χ3v) is 21.5. The molecule has 0 N–H and O–H groups in total. The maximum absolute atomic E-state index is 2.67. The van der Waals surface area contributed by atoms with Crippen LogP contribution in [0.4, 0.5) is 0 Å². The van der Waals surface area contributed by atoms with Crippen molar-refractivity contribution >= 4 is 18.4 Å². The number of unbranched alkanes of at least 4 members (excludes halogenated alkanes) is 5. The van der Waals surface area contributed by atoms with Crippen LogP contribution in [0, 0.1) is 0 Å². The van der Waals surface area contributed by atoms with E-state index >= 15 is 0 Å². The van der Waals surface area contributed by atoms with E-state index in [9.17, 15) is 0 Å². The van der Waals surface area contributed by atoms with Gasteiger partial charge in [0.15, 0.2) is 0 Å². The number of rotatable bonds is 13. The summed E-state index contributed by atoms with van der Waals surface area (Å²) in [5, 5.41) is 0. The Hall–Kier alpha value is 0.539. The molecule has 0 bridgehead atoms. The van der Waals surface area contributed by atoms with Crippen molar-refractivity contribution in [1.29, 1.82) is 0 Å². The molecule has 0 radical (unpaired) electrons. The summed E-state index contributed by atoms with van der Waals surface area (Å²) in [7, 11) is 0. The van der Waals surface area contributed by atoms with Gasteiger partial charge in [0.05, 0.1) is 0 Å². The molecule has 0 aliphatic heterocycles. The summed E-state index contributed by atoms with van der Waals surface area (Å²) < 4.78 is 6.79. The van der Waals surface area contributed by atoms with Crippen molar-refractivity contribution in [3.63, 3.8) is 0 Å². The molecule has 0 aliphatic rings. The quantitative estimate of drug-likeness (QED) is 0.227. The van der Waals surface area contributed by atoms with Gasteiger partial charge in [-0.25, -0.2) is 0 Å². The number of allylic oxidation sites excluding steroid dienone is 2. The van der Waals surface area contributed by atoms with Crippen LogP contribution in [0.15, 0.2) is 9.67 Å². The van der Waals surface area contributed by atoms with E-state index in [4.69, 9.17) is 0 Å². The second-order valence-corrected chi connectivity index (χ2v) is 20.5. The fourth-order valence-corrected chi connectivity index (χ4v) is 19.2. The van der Waals surface area contributed by atoms with Crippen LogP contribution in [-0.2, 0) is 0 Å². The molecular weight excluding hydrogens is 347 g/mol. The van der Waals surface area contributed by atoms with Gasteiger partial charge in [0.1, 0.15) is 0 Å². The molecule has 0 amide bonds. The first-order valence-electron chi connectivity index (χ1n) is 9.34. The number of hydrogen-bond acceptors (Lipinski definition) is 0. The van der Waals surface area contributed by atoms with E-state index in [2.05, 4.69) is 40.7 Å². The van der Waals surface area contributed by atoms with Gasteiger partial charge in [-0.1, -0.05) is 0 Å². The molecule has 0 aromatic rings. The SMILES string of the molecule is CCCC/C=[C](\C)[Sn]([CH2]CCC)([CH2]CCC)[CH2]CCC. The molecule has 0 rings (SSSR count). The van der Waals surface area contributed by atoms with Gasteiger partial charge in [0, 0.05) is 0 Å². The van der Waals surface area contributed by atoms with Crippen LogP contribution in [0.2, 0.25) is 13.3 Å². The summed E-state index contributed by atoms with van der Waals surface area (Å²) in [4.78, 5) is 0. The molecule has 0 aromatic heterocycles. The minimum atomic E-state index is -2.01. The normalized spacial score (nSPS) is 12.9. The third-order valence-electron chi connectivity index (χ3n) is 4.87. The third kappa shape index (κ3) is 8.10. The Labute approximate surface area is 133 Å². The number of hydrogen-bond donors (Lipinski definition) is 0. The Morgan fingerprint density at radius 3 is 1.45 bits per heavy atom. The van der Waals surface area contributed by atoms with Gasteiger partial charge < -0.3 is 0 Å². The van der Waals surface area contributed by atoms with E-state index in [1.165, 1.54) is 57.8 Å². The standard InChI is InChI=1S/C7H13.3C4H9.Sn/c1-3-5-7-6-4-2;3*1-3-4-2;/h6H,3,5,7H2,1-2H3;3*1,3-4H2,2H3;. The van der Waals surface area contributed by atoms with Crippen LogP contribution in [0.5, 0.6) is 0 Å². The summed E-state index contributed by atoms with van der Waals surface area (Å²) in [6, 6.07) is 0. The molecule has 0 heterocycles. The van der Waals surface area contributed by atoms with Crippen molar-refractivity contribution in [2.24, 2.45) is 0 Å². The molecule has 1 heteroatoms. The molecule has 0 aromatic carbocycles. The van der Waals surface area contributed by atoms with Crippen LogP contribution in [0.1, 0.15) is 92.4 Å². The molecule has 0 saturated carbocycles. The van der Waals surface area contributed by atoms with Gasteiger partial charge in [-0.15, -0.1) is 0 Å². The van der Waals surface area contributed by atoms with E-state index in [1.807, 2.05) is 3.59 Å². The monoisotopic (exact) mass is 388 g/mol. The average molecular weight is 387 g/mol. The predicted molar refractivity (Wildman–Crippen MR) is 98.2 cm³/mol. The second-order valence-electron chi connectivity index (χ2n) is 6.62. The Morgan fingerprint density at radius 2 is 1.10 bits per heavy atom. The summed E-state index contributed by atoms with van der Waals surface area (Å²) in [6.07, 6.45) is 15.4. The molecule has 0 atom stereocenters. The van der Waals surface area contributed by atoms with Gasteiger partial charge in [-0.05, 0) is 0 Å².